The van der Waals surface area contributed by atoms with Gasteiger partial charge in [-0.05, 0) is 36.2 Å². The molecule has 2 aromatic rings. The molecule has 1 aliphatic heterocycles. The van der Waals surface area contributed by atoms with Gasteiger partial charge in [0, 0.05) is 38.7 Å². The lowest BCUT2D eigenvalue weighted by molar-refractivity contribution is -0.134. The number of rotatable bonds is 7. The van der Waals surface area contributed by atoms with E-state index in [1.54, 1.807) is 28.1 Å². The van der Waals surface area contributed by atoms with Crippen LogP contribution in [0.3, 0.4) is 0 Å². The van der Waals surface area contributed by atoms with E-state index in [1.807, 2.05) is 24.3 Å². The van der Waals surface area contributed by atoms with Crippen LogP contribution >= 0.6 is 23.2 Å². The SMILES string of the molecule is O=C1CCCN1CCC(=O)N(Cc1ccc(Cl)c(Cl)c1)Cc1ccccn1. The largest absolute Gasteiger partial charge is 0.342 e. The minimum Gasteiger partial charge on any atom is -0.342 e. The maximum Gasteiger partial charge on any atom is 0.225 e. The maximum absolute atomic E-state index is 12.9. The Balaban J connectivity index is 1.70. The van der Waals surface area contributed by atoms with Gasteiger partial charge in [0.05, 0.1) is 22.3 Å². The summed E-state index contributed by atoms with van der Waals surface area (Å²) in [7, 11) is 0. The van der Waals surface area contributed by atoms with Gasteiger partial charge in [0.15, 0.2) is 0 Å². The molecule has 0 aliphatic carbocycles. The number of nitrogens with zero attached hydrogens (tertiary/aromatic N) is 3. The summed E-state index contributed by atoms with van der Waals surface area (Å²) < 4.78 is 0. The van der Waals surface area contributed by atoms with Crippen LogP contribution in [0.1, 0.15) is 30.5 Å². The van der Waals surface area contributed by atoms with Gasteiger partial charge in [-0.3, -0.25) is 14.6 Å². The van der Waals surface area contributed by atoms with E-state index in [2.05, 4.69) is 4.98 Å². The second-order valence-electron chi connectivity index (χ2n) is 6.55. The third-order valence-electron chi connectivity index (χ3n) is 4.56. The van der Waals surface area contributed by atoms with Gasteiger partial charge >= 0.3 is 0 Å². The molecule has 0 atom stereocenters. The highest BCUT2D eigenvalue weighted by Gasteiger charge is 2.22. The van der Waals surface area contributed by atoms with Crippen molar-refractivity contribution >= 4 is 35.0 Å². The van der Waals surface area contributed by atoms with Crippen molar-refractivity contribution in [3.63, 3.8) is 0 Å². The molecule has 2 heterocycles. The molecule has 27 heavy (non-hydrogen) atoms. The Morgan fingerprint density at radius 3 is 2.67 bits per heavy atom. The Bertz CT molecular complexity index is 814. The number of halogens is 2. The van der Waals surface area contributed by atoms with Crippen LogP contribution in [0.25, 0.3) is 0 Å². The Hall–Kier alpha value is -2.11. The van der Waals surface area contributed by atoms with Gasteiger partial charge in [0.1, 0.15) is 0 Å². The summed E-state index contributed by atoms with van der Waals surface area (Å²) in [6.45, 7) is 1.99. The molecular formula is C20H21Cl2N3O2. The summed E-state index contributed by atoms with van der Waals surface area (Å²) in [4.78, 5) is 32.5. The van der Waals surface area contributed by atoms with Gasteiger partial charge in [-0.1, -0.05) is 35.3 Å². The van der Waals surface area contributed by atoms with Gasteiger partial charge in [0.2, 0.25) is 11.8 Å². The molecule has 1 fully saturated rings. The predicted molar refractivity (Wildman–Crippen MR) is 105 cm³/mol. The van der Waals surface area contributed by atoms with Gasteiger partial charge in [-0.2, -0.15) is 0 Å². The Labute approximate surface area is 168 Å². The molecule has 0 unspecified atom stereocenters. The molecule has 2 amide bonds. The molecule has 0 radical (unpaired) electrons. The standard InChI is InChI=1S/C20H21Cl2N3O2/c21-17-7-6-15(12-18(17)22)13-25(14-16-4-1-2-9-23-16)20(27)8-11-24-10-3-5-19(24)26/h1-2,4,6-7,9,12H,3,5,8,10-11,13-14H2. The van der Waals surface area contributed by atoms with Crippen molar-refractivity contribution in [1.29, 1.82) is 0 Å². The van der Waals surface area contributed by atoms with Crippen molar-refractivity contribution in [2.45, 2.75) is 32.4 Å². The Kier molecular flexibility index (Phi) is 6.69. The van der Waals surface area contributed by atoms with Crippen molar-refractivity contribution in [2.24, 2.45) is 0 Å². The fraction of sp³-hybridized carbons (Fsp3) is 0.350. The topological polar surface area (TPSA) is 53.5 Å². The third kappa shape index (κ3) is 5.44. The van der Waals surface area contributed by atoms with E-state index in [-0.39, 0.29) is 11.8 Å². The van der Waals surface area contributed by atoms with E-state index in [0.29, 0.717) is 42.5 Å². The van der Waals surface area contributed by atoms with Crippen LogP contribution in [-0.4, -0.2) is 39.7 Å². The fourth-order valence-corrected chi connectivity index (χ4v) is 3.43. The van der Waals surface area contributed by atoms with Crippen LogP contribution in [-0.2, 0) is 22.7 Å². The predicted octanol–water partition coefficient (Wildman–Crippen LogP) is 3.93. The number of hydrogen-bond donors (Lipinski definition) is 0. The van der Waals surface area contributed by atoms with Crippen LogP contribution in [0.2, 0.25) is 10.0 Å². The van der Waals surface area contributed by atoms with Gasteiger partial charge in [-0.15, -0.1) is 0 Å². The number of likely N-dealkylation sites (tertiary alicyclic amines) is 1. The lowest BCUT2D eigenvalue weighted by Crippen LogP contribution is -2.34. The van der Waals surface area contributed by atoms with Crippen molar-refractivity contribution < 1.29 is 9.59 Å². The lowest BCUT2D eigenvalue weighted by Gasteiger charge is -2.24. The molecule has 1 saturated heterocycles. The monoisotopic (exact) mass is 405 g/mol. The van der Waals surface area contributed by atoms with Crippen molar-refractivity contribution in [3.05, 3.63) is 63.9 Å². The summed E-state index contributed by atoms with van der Waals surface area (Å²) in [5, 5.41) is 0.942. The average molecular weight is 406 g/mol. The highest BCUT2D eigenvalue weighted by Crippen LogP contribution is 2.24. The molecular weight excluding hydrogens is 385 g/mol. The molecule has 1 aromatic carbocycles. The van der Waals surface area contributed by atoms with Gasteiger partial charge in [0.25, 0.3) is 0 Å². The first-order valence-corrected chi connectivity index (χ1v) is 9.68. The zero-order valence-corrected chi connectivity index (χ0v) is 16.4. The fourth-order valence-electron chi connectivity index (χ4n) is 3.11. The van der Waals surface area contributed by atoms with Crippen molar-refractivity contribution in [3.8, 4) is 0 Å². The van der Waals surface area contributed by atoms with Crippen LogP contribution in [0.15, 0.2) is 42.6 Å². The van der Waals surface area contributed by atoms with Crippen molar-refractivity contribution in [1.82, 2.24) is 14.8 Å². The summed E-state index contributed by atoms with van der Waals surface area (Å²) in [5.74, 6) is 0.106. The molecule has 0 N–H and O–H groups in total. The van der Waals surface area contributed by atoms with Crippen LogP contribution in [0.5, 0.6) is 0 Å². The lowest BCUT2D eigenvalue weighted by atomic mass is 10.2. The van der Waals surface area contributed by atoms with E-state index < -0.39 is 0 Å². The minimum absolute atomic E-state index is 0.0218. The van der Waals surface area contributed by atoms with Crippen LogP contribution < -0.4 is 0 Å². The highest BCUT2D eigenvalue weighted by molar-refractivity contribution is 6.42. The summed E-state index contributed by atoms with van der Waals surface area (Å²) in [6.07, 6.45) is 3.45. The molecule has 3 rings (SSSR count). The summed E-state index contributed by atoms with van der Waals surface area (Å²) >= 11 is 12.1. The van der Waals surface area contributed by atoms with E-state index in [4.69, 9.17) is 23.2 Å². The second kappa shape index (κ2) is 9.20. The number of amides is 2. The second-order valence-corrected chi connectivity index (χ2v) is 7.37. The van der Waals surface area contributed by atoms with E-state index in [0.717, 1.165) is 24.2 Å². The number of carbonyl (C=O) groups excluding carboxylic acids is 2. The number of aromatic nitrogens is 1. The number of carbonyl (C=O) groups is 2. The molecule has 1 aliphatic rings. The smallest absolute Gasteiger partial charge is 0.225 e. The Morgan fingerprint density at radius 2 is 2.00 bits per heavy atom. The summed E-state index contributed by atoms with van der Waals surface area (Å²) in [6, 6.07) is 11.0. The molecule has 142 valence electrons. The minimum atomic E-state index is -0.0218. The van der Waals surface area contributed by atoms with Gasteiger partial charge < -0.3 is 9.80 Å². The van der Waals surface area contributed by atoms with E-state index in [1.165, 1.54) is 0 Å². The molecule has 0 saturated carbocycles. The highest BCUT2D eigenvalue weighted by atomic mass is 35.5. The van der Waals surface area contributed by atoms with Gasteiger partial charge in [-0.25, -0.2) is 0 Å². The molecule has 0 bridgehead atoms. The zero-order chi connectivity index (χ0) is 19.2. The molecule has 5 nitrogen and oxygen atoms in total. The first kappa shape index (κ1) is 19.6. The first-order chi connectivity index (χ1) is 13.0. The van der Waals surface area contributed by atoms with E-state index >= 15 is 0 Å². The van der Waals surface area contributed by atoms with Crippen LogP contribution in [0, 0.1) is 0 Å². The normalized spacial score (nSPS) is 13.9. The number of benzene rings is 1. The third-order valence-corrected chi connectivity index (χ3v) is 5.30. The number of pyridine rings is 1. The first-order valence-electron chi connectivity index (χ1n) is 8.92. The number of hydrogen-bond acceptors (Lipinski definition) is 3. The van der Waals surface area contributed by atoms with Crippen molar-refractivity contribution in [2.75, 3.05) is 13.1 Å². The van der Waals surface area contributed by atoms with Crippen LogP contribution in [0.4, 0.5) is 0 Å². The van der Waals surface area contributed by atoms with E-state index in [9.17, 15) is 9.59 Å². The quantitative estimate of drug-likeness (QED) is 0.700. The summed E-state index contributed by atoms with van der Waals surface area (Å²) in [5.41, 5.74) is 1.70. The Morgan fingerprint density at radius 1 is 1.15 bits per heavy atom. The zero-order valence-electron chi connectivity index (χ0n) is 14.9. The molecule has 7 heteroatoms. The average Bonchev–Trinajstić information content (AvgIpc) is 3.08. The molecule has 0 spiro atoms. The maximum atomic E-state index is 12.9. The molecule has 1 aromatic heterocycles.